The second-order valence-corrected chi connectivity index (χ2v) is 6.80. The topological polar surface area (TPSA) is 137 Å². The zero-order chi connectivity index (χ0) is 21.8. The lowest BCUT2D eigenvalue weighted by Gasteiger charge is -2.13. The summed E-state index contributed by atoms with van der Waals surface area (Å²) >= 11 is 11.9. The average Bonchev–Trinajstić information content (AvgIpc) is 2.97. The number of hydrogen-bond acceptors (Lipinski definition) is 8. The predicted molar refractivity (Wildman–Crippen MR) is 110 cm³/mol. The molecule has 0 saturated carbocycles. The Morgan fingerprint density at radius 1 is 1.10 bits per heavy atom. The second kappa shape index (κ2) is 8.89. The van der Waals surface area contributed by atoms with Crippen LogP contribution in [0.4, 0.5) is 17.1 Å². The summed E-state index contributed by atoms with van der Waals surface area (Å²) < 4.78 is 5.13. The van der Waals surface area contributed by atoms with Crippen molar-refractivity contribution >= 4 is 51.9 Å². The number of nitrogens with zero attached hydrogens (tertiary/aromatic N) is 3. The van der Waals surface area contributed by atoms with E-state index in [1.54, 1.807) is 30.3 Å². The zero-order valence-electron chi connectivity index (χ0n) is 15.0. The van der Waals surface area contributed by atoms with Crippen molar-refractivity contribution in [1.29, 1.82) is 0 Å². The van der Waals surface area contributed by atoms with Crippen LogP contribution >= 0.6 is 23.2 Å². The fourth-order valence-electron chi connectivity index (χ4n) is 2.64. The van der Waals surface area contributed by atoms with Crippen LogP contribution in [0.2, 0.25) is 0 Å². The molecule has 0 spiro atoms. The molecular formula is C18H12Cl2N4O6. The molecule has 0 radical (unpaired) electrons. The highest BCUT2D eigenvalue weighted by Crippen LogP contribution is 2.32. The number of nitrogens with one attached hydrogen (secondary N) is 1. The highest BCUT2D eigenvalue weighted by Gasteiger charge is 2.33. The highest BCUT2D eigenvalue weighted by molar-refractivity contribution is 6.48. The van der Waals surface area contributed by atoms with Gasteiger partial charge in [-0.2, -0.15) is 5.10 Å². The molecule has 1 unspecified atom stereocenters. The Morgan fingerprint density at radius 3 is 2.37 bits per heavy atom. The molecule has 1 aliphatic heterocycles. The van der Waals surface area contributed by atoms with E-state index in [-0.39, 0.29) is 22.2 Å². The van der Waals surface area contributed by atoms with Gasteiger partial charge < -0.3 is 4.74 Å². The fourth-order valence-corrected chi connectivity index (χ4v) is 3.01. The van der Waals surface area contributed by atoms with Gasteiger partial charge in [0, 0.05) is 12.5 Å². The molecule has 1 N–H and O–H groups in total. The minimum atomic E-state index is -0.862. The summed E-state index contributed by atoms with van der Waals surface area (Å²) in [4.78, 5) is 32.3. The largest absolute Gasteiger partial charge is 0.452 e. The number of rotatable bonds is 7. The summed E-state index contributed by atoms with van der Waals surface area (Å²) in [5, 5.41) is 26.2. The molecule has 12 heteroatoms. The first-order valence-corrected chi connectivity index (χ1v) is 9.10. The maximum atomic E-state index is 11.6. The number of benzene rings is 2. The normalized spacial score (nSPS) is 16.4. The monoisotopic (exact) mass is 450 g/mol. The van der Waals surface area contributed by atoms with E-state index < -0.39 is 33.3 Å². The molecule has 154 valence electrons. The number of halogens is 2. The van der Waals surface area contributed by atoms with E-state index in [4.69, 9.17) is 27.9 Å². The molecule has 1 atom stereocenters. The Labute approximate surface area is 179 Å². The van der Waals surface area contributed by atoms with E-state index >= 15 is 0 Å². The third-order valence-electron chi connectivity index (χ3n) is 4.11. The number of cyclic esters (lactones) is 1. The Kier molecular flexibility index (Phi) is 6.28. The van der Waals surface area contributed by atoms with Gasteiger partial charge in [0.25, 0.3) is 5.69 Å². The van der Waals surface area contributed by atoms with Crippen LogP contribution in [0, 0.1) is 20.2 Å². The van der Waals surface area contributed by atoms with Crippen LogP contribution in [0.3, 0.4) is 0 Å². The van der Waals surface area contributed by atoms with Crippen LogP contribution in [-0.2, 0) is 9.53 Å². The van der Waals surface area contributed by atoms with Gasteiger partial charge in [0.15, 0.2) is 0 Å². The molecule has 0 amide bonds. The van der Waals surface area contributed by atoms with E-state index in [9.17, 15) is 25.0 Å². The number of nitro benzene ring substituents is 2. The van der Waals surface area contributed by atoms with Gasteiger partial charge in [-0.15, -0.1) is 0 Å². The van der Waals surface area contributed by atoms with Crippen LogP contribution in [0.1, 0.15) is 12.0 Å². The smallest absolute Gasteiger partial charge is 0.351 e. The van der Waals surface area contributed by atoms with E-state index in [1.807, 2.05) is 0 Å². The SMILES string of the molecule is O=C1OC(CC(=NNc2ccc([N+](=O)[O-])cc2[N+](=O)[O-])c2ccccc2)C(Cl)=C1Cl. The summed E-state index contributed by atoms with van der Waals surface area (Å²) in [6, 6.07) is 11.9. The zero-order valence-corrected chi connectivity index (χ0v) is 16.5. The van der Waals surface area contributed by atoms with Crippen molar-refractivity contribution in [2.45, 2.75) is 12.5 Å². The van der Waals surface area contributed by atoms with Gasteiger partial charge >= 0.3 is 11.7 Å². The van der Waals surface area contributed by atoms with Crippen molar-refractivity contribution in [3.05, 3.63) is 84.4 Å². The summed E-state index contributed by atoms with van der Waals surface area (Å²) in [6.07, 6.45) is -0.822. The molecule has 0 aromatic heterocycles. The molecule has 0 fully saturated rings. The van der Waals surface area contributed by atoms with Crippen molar-refractivity contribution in [2.24, 2.45) is 5.10 Å². The quantitative estimate of drug-likeness (QED) is 0.286. The fraction of sp³-hybridized carbons (Fsp3) is 0.111. The Morgan fingerprint density at radius 2 is 1.80 bits per heavy atom. The number of carbonyl (C=O) groups is 1. The number of hydrogen-bond donors (Lipinski definition) is 1. The van der Waals surface area contributed by atoms with Gasteiger partial charge in [0.05, 0.1) is 26.7 Å². The number of nitro groups is 2. The molecular weight excluding hydrogens is 439 g/mol. The molecule has 0 aliphatic carbocycles. The Bertz CT molecular complexity index is 1090. The van der Waals surface area contributed by atoms with Gasteiger partial charge in [-0.1, -0.05) is 53.5 Å². The van der Waals surface area contributed by atoms with Gasteiger partial charge in [-0.25, -0.2) is 4.79 Å². The number of esters is 1. The molecule has 2 aromatic rings. The van der Waals surface area contributed by atoms with Crippen LogP contribution in [0.25, 0.3) is 0 Å². The van der Waals surface area contributed by atoms with Gasteiger partial charge in [0.2, 0.25) is 0 Å². The second-order valence-electron chi connectivity index (χ2n) is 6.01. The van der Waals surface area contributed by atoms with Crippen LogP contribution in [0.5, 0.6) is 0 Å². The lowest BCUT2D eigenvalue weighted by Crippen LogP contribution is -2.17. The molecule has 10 nitrogen and oxygen atoms in total. The average molecular weight is 451 g/mol. The number of hydrazone groups is 1. The maximum Gasteiger partial charge on any atom is 0.351 e. The lowest BCUT2D eigenvalue weighted by molar-refractivity contribution is -0.393. The van der Waals surface area contributed by atoms with E-state index in [1.165, 1.54) is 6.07 Å². The number of non-ortho nitro benzene ring substituents is 1. The summed E-state index contributed by atoms with van der Waals surface area (Å²) in [5.74, 6) is -0.752. The first-order valence-electron chi connectivity index (χ1n) is 8.35. The number of carbonyl (C=O) groups excluding carboxylic acids is 1. The van der Waals surface area contributed by atoms with E-state index in [0.29, 0.717) is 11.3 Å². The van der Waals surface area contributed by atoms with E-state index in [2.05, 4.69) is 10.5 Å². The van der Waals surface area contributed by atoms with Crippen LogP contribution in [0.15, 0.2) is 63.7 Å². The first kappa shape index (κ1) is 21.2. The number of ether oxygens (including phenoxy) is 1. The highest BCUT2D eigenvalue weighted by atomic mass is 35.5. The van der Waals surface area contributed by atoms with Gasteiger partial charge in [-0.05, 0) is 11.6 Å². The molecule has 0 bridgehead atoms. The van der Waals surface area contributed by atoms with Crippen molar-refractivity contribution in [3.8, 4) is 0 Å². The maximum absolute atomic E-state index is 11.6. The third kappa shape index (κ3) is 4.56. The molecule has 30 heavy (non-hydrogen) atoms. The lowest BCUT2D eigenvalue weighted by atomic mass is 10.0. The van der Waals surface area contributed by atoms with Crippen LogP contribution < -0.4 is 5.43 Å². The molecule has 3 rings (SSSR count). The van der Waals surface area contributed by atoms with Crippen LogP contribution in [-0.4, -0.2) is 27.6 Å². The van der Waals surface area contributed by atoms with Gasteiger partial charge in [-0.3, -0.25) is 25.7 Å². The predicted octanol–water partition coefficient (Wildman–Crippen LogP) is 4.32. The molecule has 2 aromatic carbocycles. The molecule has 0 saturated heterocycles. The third-order valence-corrected chi connectivity index (χ3v) is 4.99. The summed E-state index contributed by atoms with van der Waals surface area (Å²) in [6.45, 7) is 0. The van der Waals surface area contributed by atoms with Crippen molar-refractivity contribution in [3.63, 3.8) is 0 Å². The Hall–Kier alpha value is -3.50. The molecule has 1 heterocycles. The summed E-state index contributed by atoms with van der Waals surface area (Å²) in [5.41, 5.74) is 2.56. The standard InChI is InChI=1S/C18H12Cl2N4O6/c19-16-15(30-18(25)17(16)20)9-13(10-4-2-1-3-5-10)22-21-12-7-6-11(23(26)27)8-14(12)24(28)29/h1-8,15,21H,9H2. The summed E-state index contributed by atoms with van der Waals surface area (Å²) in [7, 11) is 0. The minimum Gasteiger partial charge on any atom is -0.452 e. The van der Waals surface area contributed by atoms with Gasteiger partial charge in [0.1, 0.15) is 16.8 Å². The molecule has 1 aliphatic rings. The van der Waals surface area contributed by atoms with Crippen molar-refractivity contribution in [1.82, 2.24) is 0 Å². The minimum absolute atomic E-state index is 0.0339. The van der Waals surface area contributed by atoms with Crippen molar-refractivity contribution < 1.29 is 19.4 Å². The first-order chi connectivity index (χ1) is 14.3. The number of anilines is 1. The van der Waals surface area contributed by atoms with Crippen molar-refractivity contribution in [2.75, 3.05) is 5.43 Å². The van der Waals surface area contributed by atoms with E-state index in [0.717, 1.165) is 12.1 Å². The Balaban J connectivity index is 1.94.